The van der Waals surface area contributed by atoms with E-state index in [0.717, 1.165) is 54.6 Å². The maximum atomic E-state index is 13.0. The van der Waals surface area contributed by atoms with Crippen molar-refractivity contribution in [2.75, 3.05) is 13.1 Å². The van der Waals surface area contributed by atoms with E-state index in [-0.39, 0.29) is 5.91 Å². The smallest absolute Gasteiger partial charge is 0.253 e. The first-order valence-electron chi connectivity index (χ1n) is 10.5. The van der Waals surface area contributed by atoms with Crippen molar-refractivity contribution in [3.63, 3.8) is 0 Å². The van der Waals surface area contributed by atoms with Gasteiger partial charge in [0, 0.05) is 55.9 Å². The standard InChI is InChI=1S/C25H24N4O/c30-25(23-6-5-20-3-1-2-4-22(20)17-23)28-14-9-21(10-15-28)24-27-13-16-29(24)18-19-7-11-26-12-8-19/h1-8,11-13,16-17,21H,9-10,14-15,18H2. The Morgan fingerprint density at radius 3 is 2.50 bits per heavy atom. The van der Waals surface area contributed by atoms with E-state index in [1.54, 1.807) is 0 Å². The second-order valence-corrected chi connectivity index (χ2v) is 7.90. The van der Waals surface area contributed by atoms with Crippen LogP contribution in [0.25, 0.3) is 10.8 Å². The normalized spacial score (nSPS) is 14.9. The molecule has 4 aromatic rings. The molecule has 5 rings (SSSR count). The Morgan fingerprint density at radius 1 is 0.933 bits per heavy atom. The fourth-order valence-corrected chi connectivity index (χ4v) is 4.34. The molecule has 1 fully saturated rings. The number of benzene rings is 2. The second-order valence-electron chi connectivity index (χ2n) is 7.90. The molecule has 150 valence electrons. The fourth-order valence-electron chi connectivity index (χ4n) is 4.34. The molecular weight excluding hydrogens is 372 g/mol. The largest absolute Gasteiger partial charge is 0.339 e. The molecule has 0 spiro atoms. The van der Waals surface area contributed by atoms with E-state index in [4.69, 9.17) is 0 Å². The Balaban J connectivity index is 1.26. The quantitative estimate of drug-likeness (QED) is 0.510. The van der Waals surface area contributed by atoms with Crippen molar-refractivity contribution in [2.45, 2.75) is 25.3 Å². The van der Waals surface area contributed by atoms with E-state index in [1.807, 2.05) is 72.2 Å². The number of carbonyl (C=O) groups excluding carboxylic acids is 1. The zero-order chi connectivity index (χ0) is 20.3. The van der Waals surface area contributed by atoms with E-state index in [9.17, 15) is 4.79 Å². The second kappa shape index (κ2) is 8.11. The van der Waals surface area contributed by atoms with Gasteiger partial charge in [-0.25, -0.2) is 4.98 Å². The summed E-state index contributed by atoms with van der Waals surface area (Å²) in [4.78, 5) is 23.8. The summed E-state index contributed by atoms with van der Waals surface area (Å²) >= 11 is 0. The van der Waals surface area contributed by atoms with Gasteiger partial charge in [-0.2, -0.15) is 0 Å². The van der Waals surface area contributed by atoms with E-state index in [2.05, 4.69) is 26.7 Å². The molecule has 0 bridgehead atoms. The summed E-state index contributed by atoms with van der Waals surface area (Å²) in [5, 5.41) is 2.27. The highest BCUT2D eigenvalue weighted by atomic mass is 16.2. The lowest BCUT2D eigenvalue weighted by atomic mass is 9.95. The van der Waals surface area contributed by atoms with Gasteiger partial charge >= 0.3 is 0 Å². The lowest BCUT2D eigenvalue weighted by molar-refractivity contribution is 0.0710. The minimum Gasteiger partial charge on any atom is -0.339 e. The van der Waals surface area contributed by atoms with Crippen molar-refractivity contribution in [1.29, 1.82) is 0 Å². The van der Waals surface area contributed by atoms with Crippen molar-refractivity contribution in [3.05, 3.63) is 96.3 Å². The SMILES string of the molecule is O=C(c1ccc2ccccc2c1)N1CCC(c2nccn2Cc2ccncc2)CC1. The van der Waals surface area contributed by atoms with E-state index in [1.165, 1.54) is 5.56 Å². The summed E-state index contributed by atoms with van der Waals surface area (Å²) in [6.45, 7) is 2.32. The number of likely N-dealkylation sites (tertiary alicyclic amines) is 1. The molecule has 0 N–H and O–H groups in total. The first-order chi connectivity index (χ1) is 14.8. The van der Waals surface area contributed by atoms with Gasteiger partial charge in [-0.1, -0.05) is 30.3 Å². The van der Waals surface area contributed by atoms with Crippen LogP contribution in [-0.2, 0) is 6.54 Å². The third kappa shape index (κ3) is 3.71. The maximum absolute atomic E-state index is 13.0. The van der Waals surface area contributed by atoms with Gasteiger partial charge in [-0.3, -0.25) is 9.78 Å². The van der Waals surface area contributed by atoms with Crippen molar-refractivity contribution >= 4 is 16.7 Å². The van der Waals surface area contributed by atoms with Gasteiger partial charge in [0.15, 0.2) is 0 Å². The monoisotopic (exact) mass is 396 g/mol. The summed E-state index contributed by atoms with van der Waals surface area (Å²) in [7, 11) is 0. The van der Waals surface area contributed by atoms with Crippen molar-refractivity contribution < 1.29 is 4.79 Å². The van der Waals surface area contributed by atoms with Crippen LogP contribution in [0.15, 0.2) is 79.4 Å². The maximum Gasteiger partial charge on any atom is 0.253 e. The molecule has 1 amide bonds. The van der Waals surface area contributed by atoms with Crippen LogP contribution in [0.4, 0.5) is 0 Å². The van der Waals surface area contributed by atoms with E-state index >= 15 is 0 Å². The Morgan fingerprint density at radius 2 is 1.70 bits per heavy atom. The molecule has 0 saturated carbocycles. The van der Waals surface area contributed by atoms with Gasteiger partial charge in [0.1, 0.15) is 5.82 Å². The minimum absolute atomic E-state index is 0.124. The Kier molecular flexibility index (Phi) is 5.01. The molecule has 1 aliphatic rings. The zero-order valence-corrected chi connectivity index (χ0v) is 16.8. The Labute approximate surface area is 176 Å². The predicted octanol–water partition coefficient (Wildman–Crippen LogP) is 4.50. The molecule has 30 heavy (non-hydrogen) atoms. The van der Waals surface area contributed by atoms with Gasteiger partial charge < -0.3 is 9.47 Å². The van der Waals surface area contributed by atoms with Gasteiger partial charge in [-0.05, 0) is 53.4 Å². The number of nitrogens with zero attached hydrogens (tertiary/aromatic N) is 4. The highest BCUT2D eigenvalue weighted by Gasteiger charge is 2.27. The van der Waals surface area contributed by atoms with Crippen LogP contribution in [-0.4, -0.2) is 38.4 Å². The van der Waals surface area contributed by atoms with E-state index < -0.39 is 0 Å². The topological polar surface area (TPSA) is 51.0 Å². The van der Waals surface area contributed by atoms with Crippen molar-refractivity contribution in [3.8, 4) is 0 Å². The first kappa shape index (κ1) is 18.6. The number of piperidine rings is 1. The number of amides is 1. The third-order valence-corrected chi connectivity index (χ3v) is 5.99. The lowest BCUT2D eigenvalue weighted by Crippen LogP contribution is -2.38. The number of carbonyl (C=O) groups is 1. The number of pyridine rings is 1. The number of imidazole rings is 1. The van der Waals surface area contributed by atoms with Gasteiger partial charge in [0.05, 0.1) is 0 Å². The zero-order valence-electron chi connectivity index (χ0n) is 16.8. The molecule has 2 aromatic heterocycles. The summed E-state index contributed by atoms with van der Waals surface area (Å²) in [6, 6.07) is 18.2. The van der Waals surface area contributed by atoms with Gasteiger partial charge in [0.2, 0.25) is 0 Å². The van der Waals surface area contributed by atoms with Crippen LogP contribution in [0.3, 0.4) is 0 Å². The van der Waals surface area contributed by atoms with Crippen molar-refractivity contribution in [2.24, 2.45) is 0 Å². The molecule has 0 radical (unpaired) electrons. The van der Waals surface area contributed by atoms with Crippen LogP contribution in [0.1, 0.15) is 40.5 Å². The molecule has 0 aliphatic carbocycles. The lowest BCUT2D eigenvalue weighted by Gasteiger charge is -2.32. The number of aromatic nitrogens is 3. The molecule has 1 aliphatic heterocycles. The summed E-state index contributed by atoms with van der Waals surface area (Å²) < 4.78 is 2.22. The molecule has 0 unspecified atom stereocenters. The molecule has 5 nitrogen and oxygen atoms in total. The molecule has 1 saturated heterocycles. The summed E-state index contributed by atoms with van der Waals surface area (Å²) in [5.41, 5.74) is 1.99. The van der Waals surface area contributed by atoms with Crippen LogP contribution in [0.2, 0.25) is 0 Å². The van der Waals surface area contributed by atoms with Crippen LogP contribution >= 0.6 is 0 Å². The van der Waals surface area contributed by atoms with Gasteiger partial charge in [-0.15, -0.1) is 0 Å². The van der Waals surface area contributed by atoms with E-state index in [0.29, 0.717) is 5.92 Å². The van der Waals surface area contributed by atoms with Crippen molar-refractivity contribution in [1.82, 2.24) is 19.4 Å². The highest BCUT2D eigenvalue weighted by molar-refractivity contribution is 5.98. The number of hydrogen-bond acceptors (Lipinski definition) is 3. The van der Waals surface area contributed by atoms with Crippen LogP contribution in [0, 0.1) is 0 Å². The number of rotatable bonds is 4. The highest BCUT2D eigenvalue weighted by Crippen LogP contribution is 2.28. The fraction of sp³-hybridized carbons (Fsp3) is 0.240. The minimum atomic E-state index is 0.124. The number of fused-ring (bicyclic) bond motifs is 1. The molecule has 3 heterocycles. The Hall–Kier alpha value is -3.47. The molecule has 5 heteroatoms. The van der Waals surface area contributed by atoms with Gasteiger partial charge in [0.25, 0.3) is 5.91 Å². The third-order valence-electron chi connectivity index (χ3n) is 5.99. The van der Waals surface area contributed by atoms with Crippen LogP contribution in [0.5, 0.6) is 0 Å². The molecular formula is C25H24N4O. The molecule has 2 aromatic carbocycles. The summed E-state index contributed by atoms with van der Waals surface area (Å²) in [5.74, 6) is 1.62. The average molecular weight is 396 g/mol. The van der Waals surface area contributed by atoms with Crippen LogP contribution < -0.4 is 0 Å². The average Bonchev–Trinajstić information content (AvgIpc) is 3.27. The summed E-state index contributed by atoms with van der Waals surface area (Å²) in [6.07, 6.45) is 9.44. The molecule has 0 atom stereocenters. The number of hydrogen-bond donors (Lipinski definition) is 0. The first-order valence-corrected chi connectivity index (χ1v) is 10.5. The Bertz CT molecular complexity index is 1160. The predicted molar refractivity (Wildman–Crippen MR) is 117 cm³/mol.